The van der Waals surface area contributed by atoms with Gasteiger partial charge in [-0.3, -0.25) is 0 Å². The van der Waals surface area contributed by atoms with Crippen molar-refractivity contribution in [2.75, 3.05) is 26.7 Å². The van der Waals surface area contributed by atoms with Crippen LogP contribution in [0.1, 0.15) is 27.2 Å². The molecule has 1 unspecified atom stereocenters. The second-order valence-electron chi connectivity index (χ2n) is 5.12. The molecule has 1 aliphatic heterocycles. The third-order valence-corrected chi connectivity index (χ3v) is 2.72. The first kappa shape index (κ1) is 12.3. The van der Waals surface area contributed by atoms with Gasteiger partial charge in [-0.05, 0) is 40.8 Å². The van der Waals surface area contributed by atoms with Gasteiger partial charge in [0.05, 0.1) is 6.61 Å². The highest BCUT2D eigenvalue weighted by molar-refractivity contribution is 5.69. The van der Waals surface area contributed by atoms with E-state index >= 15 is 0 Å². The summed E-state index contributed by atoms with van der Waals surface area (Å²) in [5.41, 5.74) is -0.143. The number of hydrogen-bond donors (Lipinski definition) is 1. The number of ether oxygens (including phenoxy) is 1. The fourth-order valence-corrected chi connectivity index (χ4v) is 1.72. The lowest BCUT2D eigenvalue weighted by molar-refractivity contribution is 0.00764. The van der Waals surface area contributed by atoms with Crippen LogP contribution in [0.2, 0.25) is 0 Å². The van der Waals surface area contributed by atoms with E-state index in [2.05, 4.69) is 5.32 Å². The van der Waals surface area contributed by atoms with E-state index in [1.165, 1.54) is 0 Å². The van der Waals surface area contributed by atoms with E-state index in [0.717, 1.165) is 19.5 Å². The van der Waals surface area contributed by atoms with Gasteiger partial charge in [0.15, 0.2) is 0 Å². The largest absolute Gasteiger partial charge is 0.449 e. The van der Waals surface area contributed by atoms with Gasteiger partial charge in [-0.1, -0.05) is 0 Å². The molecule has 4 nitrogen and oxygen atoms in total. The van der Waals surface area contributed by atoms with Crippen molar-refractivity contribution in [3.63, 3.8) is 0 Å². The molecule has 0 radical (unpaired) electrons. The van der Waals surface area contributed by atoms with E-state index in [-0.39, 0.29) is 11.6 Å². The summed E-state index contributed by atoms with van der Waals surface area (Å²) in [6.45, 7) is 8.45. The zero-order valence-corrected chi connectivity index (χ0v) is 10.2. The molecular formula is C11H22N2O2. The molecule has 1 heterocycles. The summed E-state index contributed by atoms with van der Waals surface area (Å²) in [6.07, 6.45) is 0.874. The molecule has 0 aliphatic carbocycles. The molecule has 1 atom stereocenters. The number of rotatable bonds is 3. The molecule has 1 saturated heterocycles. The maximum atomic E-state index is 11.5. The van der Waals surface area contributed by atoms with Crippen LogP contribution in [0.25, 0.3) is 0 Å². The maximum absolute atomic E-state index is 11.5. The van der Waals surface area contributed by atoms with Gasteiger partial charge < -0.3 is 15.0 Å². The van der Waals surface area contributed by atoms with Gasteiger partial charge in [-0.15, -0.1) is 0 Å². The topological polar surface area (TPSA) is 41.6 Å². The van der Waals surface area contributed by atoms with Crippen LogP contribution in [0.3, 0.4) is 0 Å². The molecule has 1 N–H and O–H groups in total. The van der Waals surface area contributed by atoms with E-state index in [1.807, 2.05) is 32.7 Å². The van der Waals surface area contributed by atoms with Crippen molar-refractivity contribution >= 4 is 6.09 Å². The van der Waals surface area contributed by atoms with Crippen molar-refractivity contribution in [3.8, 4) is 0 Å². The molecule has 0 aromatic rings. The van der Waals surface area contributed by atoms with Gasteiger partial charge in [0.1, 0.15) is 0 Å². The molecular weight excluding hydrogens is 192 g/mol. The lowest BCUT2D eigenvalue weighted by Crippen LogP contribution is -2.52. The Labute approximate surface area is 92.0 Å². The Kier molecular flexibility index (Phi) is 3.97. The van der Waals surface area contributed by atoms with E-state index in [9.17, 15) is 4.79 Å². The average molecular weight is 214 g/mol. The lowest BCUT2D eigenvalue weighted by Gasteiger charge is -2.40. The standard InChI is InChI=1S/C11H22N2O2/c1-11(2,3)13-7-9(5-6-12-4)8-15-10(13)14/h9,12H,5-8H2,1-4H3. The first-order valence-electron chi connectivity index (χ1n) is 5.54. The van der Waals surface area contributed by atoms with E-state index in [1.54, 1.807) is 0 Å². The number of carbonyl (C=O) groups is 1. The van der Waals surface area contributed by atoms with Gasteiger partial charge in [0, 0.05) is 18.0 Å². The van der Waals surface area contributed by atoms with Crippen LogP contribution in [0.4, 0.5) is 4.79 Å². The molecule has 0 spiro atoms. The Hall–Kier alpha value is -0.770. The fraction of sp³-hybridized carbons (Fsp3) is 0.909. The van der Waals surface area contributed by atoms with Crippen LogP contribution in [-0.2, 0) is 4.74 Å². The molecule has 1 fully saturated rings. The van der Waals surface area contributed by atoms with E-state index in [0.29, 0.717) is 12.5 Å². The molecule has 1 rings (SSSR count). The lowest BCUT2D eigenvalue weighted by atomic mass is 9.99. The molecule has 0 bridgehead atoms. The van der Waals surface area contributed by atoms with Crippen LogP contribution >= 0.6 is 0 Å². The third-order valence-electron chi connectivity index (χ3n) is 2.72. The molecule has 88 valence electrons. The second kappa shape index (κ2) is 4.84. The molecule has 0 saturated carbocycles. The van der Waals surface area contributed by atoms with Crippen molar-refractivity contribution in [2.45, 2.75) is 32.7 Å². The number of nitrogens with one attached hydrogen (secondary N) is 1. The van der Waals surface area contributed by atoms with Crippen molar-refractivity contribution in [1.29, 1.82) is 0 Å². The highest BCUT2D eigenvalue weighted by atomic mass is 16.6. The van der Waals surface area contributed by atoms with Crippen LogP contribution in [-0.4, -0.2) is 43.3 Å². The minimum absolute atomic E-state index is 0.143. The second-order valence-corrected chi connectivity index (χ2v) is 5.12. The van der Waals surface area contributed by atoms with Crippen LogP contribution in [0.15, 0.2) is 0 Å². The first-order chi connectivity index (χ1) is 6.95. The SMILES string of the molecule is CNCCC1COC(=O)N(C(C)(C)C)C1. The van der Waals surface area contributed by atoms with E-state index in [4.69, 9.17) is 4.74 Å². The van der Waals surface area contributed by atoms with Crippen molar-refractivity contribution in [3.05, 3.63) is 0 Å². The van der Waals surface area contributed by atoms with Gasteiger partial charge >= 0.3 is 6.09 Å². The normalized spacial score (nSPS) is 22.8. The van der Waals surface area contributed by atoms with Crippen LogP contribution in [0.5, 0.6) is 0 Å². The molecule has 4 heteroatoms. The average Bonchev–Trinajstić information content (AvgIpc) is 2.15. The quantitative estimate of drug-likeness (QED) is 0.773. The van der Waals surface area contributed by atoms with Crippen molar-refractivity contribution in [2.24, 2.45) is 5.92 Å². The summed E-state index contributed by atoms with van der Waals surface area (Å²) < 4.78 is 5.19. The summed E-state index contributed by atoms with van der Waals surface area (Å²) in [4.78, 5) is 13.4. The van der Waals surface area contributed by atoms with E-state index < -0.39 is 0 Å². The summed E-state index contributed by atoms with van der Waals surface area (Å²) in [6, 6.07) is 0. The molecule has 0 aromatic carbocycles. The van der Waals surface area contributed by atoms with Gasteiger partial charge in [0.2, 0.25) is 0 Å². The molecule has 1 amide bonds. The molecule has 0 aromatic heterocycles. The predicted molar refractivity (Wildman–Crippen MR) is 59.8 cm³/mol. The Morgan fingerprint density at radius 3 is 2.73 bits per heavy atom. The summed E-state index contributed by atoms with van der Waals surface area (Å²) in [5, 5.41) is 3.12. The summed E-state index contributed by atoms with van der Waals surface area (Å²) in [5.74, 6) is 0.453. The number of cyclic esters (lactones) is 1. The zero-order chi connectivity index (χ0) is 11.5. The van der Waals surface area contributed by atoms with Crippen molar-refractivity contribution < 1.29 is 9.53 Å². The summed E-state index contributed by atoms with van der Waals surface area (Å²) >= 11 is 0. The Morgan fingerprint density at radius 2 is 2.20 bits per heavy atom. The Balaban J connectivity index is 2.52. The minimum Gasteiger partial charge on any atom is -0.449 e. The van der Waals surface area contributed by atoms with Crippen LogP contribution in [0, 0.1) is 5.92 Å². The maximum Gasteiger partial charge on any atom is 0.410 e. The Bertz CT molecular complexity index is 223. The van der Waals surface area contributed by atoms with Gasteiger partial charge in [-0.2, -0.15) is 0 Å². The smallest absolute Gasteiger partial charge is 0.410 e. The van der Waals surface area contributed by atoms with Crippen molar-refractivity contribution in [1.82, 2.24) is 10.2 Å². The number of amides is 1. The fourth-order valence-electron chi connectivity index (χ4n) is 1.72. The highest BCUT2D eigenvalue weighted by Crippen LogP contribution is 2.22. The highest BCUT2D eigenvalue weighted by Gasteiger charge is 2.34. The minimum atomic E-state index is -0.178. The monoisotopic (exact) mass is 214 g/mol. The molecule has 1 aliphatic rings. The zero-order valence-electron chi connectivity index (χ0n) is 10.2. The molecule has 15 heavy (non-hydrogen) atoms. The first-order valence-corrected chi connectivity index (χ1v) is 5.54. The van der Waals surface area contributed by atoms with Crippen LogP contribution < -0.4 is 5.32 Å². The third kappa shape index (κ3) is 3.38. The predicted octanol–water partition coefficient (Wildman–Crippen LogP) is 1.46. The Morgan fingerprint density at radius 1 is 1.53 bits per heavy atom. The number of hydrogen-bond acceptors (Lipinski definition) is 3. The van der Waals surface area contributed by atoms with Gasteiger partial charge in [0.25, 0.3) is 0 Å². The van der Waals surface area contributed by atoms with Gasteiger partial charge in [-0.25, -0.2) is 4.79 Å². The number of carbonyl (C=O) groups excluding carboxylic acids is 1. The number of nitrogens with zero attached hydrogens (tertiary/aromatic N) is 1. The summed E-state index contributed by atoms with van der Waals surface area (Å²) in [7, 11) is 1.94.